The summed E-state index contributed by atoms with van der Waals surface area (Å²) in [5.41, 5.74) is 0. The molecule has 3 unspecified atom stereocenters. The van der Waals surface area contributed by atoms with E-state index in [9.17, 15) is 10.2 Å². The Hall–Kier alpha value is -0.200. The molecule has 0 fully saturated rings. The Morgan fingerprint density at radius 3 is 1.92 bits per heavy atom. The zero-order chi connectivity index (χ0) is 9.72. The largest absolute Gasteiger partial charge is 0.395 e. The summed E-state index contributed by atoms with van der Waals surface area (Å²) in [5.74, 6) is 0. The molecule has 0 aliphatic rings. The molecule has 0 saturated heterocycles. The Morgan fingerprint density at radius 2 is 1.67 bits per heavy atom. The van der Waals surface area contributed by atoms with Gasteiger partial charge in [-0.1, -0.05) is 0 Å². The summed E-state index contributed by atoms with van der Waals surface area (Å²) in [7, 11) is 1.55. The van der Waals surface area contributed by atoms with Gasteiger partial charge in [-0.15, -0.1) is 0 Å². The molecule has 0 aromatic carbocycles. The minimum atomic E-state index is -1.24. The summed E-state index contributed by atoms with van der Waals surface area (Å²) in [6.45, 7) is 1.08. The van der Waals surface area contributed by atoms with Crippen LogP contribution in [0.2, 0.25) is 0 Å². The third-order valence-corrected chi connectivity index (χ3v) is 1.82. The van der Waals surface area contributed by atoms with Crippen LogP contribution in [0.3, 0.4) is 0 Å². The number of aliphatic hydroxyl groups excluding tert-OH is 4. The average molecular weight is 179 g/mol. The van der Waals surface area contributed by atoms with Crippen LogP contribution in [0.25, 0.3) is 0 Å². The van der Waals surface area contributed by atoms with Crippen LogP contribution in [-0.4, -0.2) is 58.4 Å². The topological polar surface area (TPSA) is 93.0 Å². The van der Waals surface area contributed by atoms with E-state index in [0.717, 1.165) is 0 Å². The third kappa shape index (κ3) is 3.04. The van der Waals surface area contributed by atoms with Gasteiger partial charge in [-0.05, 0) is 14.0 Å². The van der Waals surface area contributed by atoms with Crippen molar-refractivity contribution in [3.8, 4) is 0 Å². The van der Waals surface area contributed by atoms with Gasteiger partial charge >= 0.3 is 0 Å². The van der Waals surface area contributed by atoms with Gasteiger partial charge in [0, 0.05) is 0 Å². The van der Waals surface area contributed by atoms with E-state index < -0.39 is 24.4 Å². The molecule has 5 N–H and O–H groups in total. The predicted octanol–water partition coefficient (Wildman–Crippen LogP) is -2.33. The molecule has 4 atom stereocenters. The smallest absolute Gasteiger partial charge is 0.107 e. The molecule has 0 radical (unpaired) electrons. The van der Waals surface area contributed by atoms with Gasteiger partial charge in [0.25, 0.3) is 0 Å². The molecule has 0 saturated carbocycles. The van der Waals surface area contributed by atoms with Crippen LogP contribution in [-0.2, 0) is 0 Å². The van der Waals surface area contributed by atoms with Gasteiger partial charge in [0.05, 0.1) is 24.9 Å². The van der Waals surface area contributed by atoms with E-state index in [1.165, 1.54) is 6.92 Å². The first-order chi connectivity index (χ1) is 5.54. The Balaban J connectivity index is 4.05. The lowest BCUT2D eigenvalue weighted by Crippen LogP contribution is -2.50. The van der Waals surface area contributed by atoms with Crippen LogP contribution in [0.1, 0.15) is 6.92 Å². The summed E-state index contributed by atoms with van der Waals surface area (Å²) in [5, 5.41) is 38.7. The number of likely N-dealkylation sites (N-methyl/N-ethyl adjacent to an activating group) is 1. The highest BCUT2D eigenvalue weighted by Crippen LogP contribution is 2.03. The lowest BCUT2D eigenvalue weighted by atomic mass is 10.0. The van der Waals surface area contributed by atoms with Gasteiger partial charge in [-0.25, -0.2) is 0 Å². The summed E-state index contributed by atoms with van der Waals surface area (Å²) in [6, 6.07) is -0.616. The summed E-state index contributed by atoms with van der Waals surface area (Å²) in [4.78, 5) is 0. The number of hydrogen-bond donors (Lipinski definition) is 5. The lowest BCUT2D eigenvalue weighted by molar-refractivity contribution is -0.0706. The Bertz CT molecular complexity index is 114. The monoisotopic (exact) mass is 179 g/mol. The highest BCUT2D eigenvalue weighted by atomic mass is 16.4. The average Bonchev–Trinajstić information content (AvgIpc) is 2.05. The zero-order valence-electron chi connectivity index (χ0n) is 7.31. The highest BCUT2D eigenvalue weighted by molar-refractivity contribution is 4.82. The molecule has 0 amide bonds. The van der Waals surface area contributed by atoms with Gasteiger partial charge in [0.2, 0.25) is 0 Å². The normalized spacial score (nSPS) is 21.5. The molecule has 12 heavy (non-hydrogen) atoms. The minimum absolute atomic E-state index is 0.290. The van der Waals surface area contributed by atoms with Crippen LogP contribution >= 0.6 is 0 Å². The Morgan fingerprint density at radius 1 is 1.17 bits per heavy atom. The maximum atomic E-state index is 9.32. The fourth-order valence-corrected chi connectivity index (χ4v) is 0.893. The molecule has 0 aliphatic heterocycles. The second kappa shape index (κ2) is 5.45. The van der Waals surface area contributed by atoms with Gasteiger partial charge in [-0.2, -0.15) is 0 Å². The van der Waals surface area contributed by atoms with E-state index in [2.05, 4.69) is 5.32 Å². The van der Waals surface area contributed by atoms with Crippen molar-refractivity contribution in [1.29, 1.82) is 0 Å². The minimum Gasteiger partial charge on any atom is -0.395 e. The fraction of sp³-hybridized carbons (Fsp3) is 1.00. The summed E-state index contributed by atoms with van der Waals surface area (Å²) >= 11 is 0. The molecule has 0 spiro atoms. The van der Waals surface area contributed by atoms with Crippen LogP contribution in [0.15, 0.2) is 0 Å². The van der Waals surface area contributed by atoms with E-state index >= 15 is 0 Å². The molecule has 74 valence electrons. The van der Waals surface area contributed by atoms with Crippen molar-refractivity contribution in [3.05, 3.63) is 0 Å². The third-order valence-electron chi connectivity index (χ3n) is 1.82. The van der Waals surface area contributed by atoms with Crippen molar-refractivity contribution in [1.82, 2.24) is 5.32 Å². The van der Waals surface area contributed by atoms with Crippen LogP contribution < -0.4 is 5.32 Å². The molecule has 5 heteroatoms. The quantitative estimate of drug-likeness (QED) is 0.326. The molecular weight excluding hydrogens is 162 g/mol. The summed E-state index contributed by atoms with van der Waals surface area (Å²) < 4.78 is 0. The van der Waals surface area contributed by atoms with Crippen LogP contribution in [0, 0.1) is 0 Å². The molecular formula is C7H17NO4. The summed E-state index contributed by atoms with van der Waals surface area (Å²) in [6.07, 6.45) is -3.42. The standard InChI is InChI=1S/C7H17NO4/c1-4(10)6(11)7(12)5(3-9)8-2/h4-12H,3H2,1-2H3/t4?,5?,6?,7-/m0/s1. The molecule has 0 rings (SSSR count). The number of hydrogen-bond acceptors (Lipinski definition) is 5. The molecule has 0 heterocycles. The molecule has 0 bridgehead atoms. The Labute approximate surface area is 71.7 Å². The number of rotatable bonds is 5. The first-order valence-corrected chi connectivity index (χ1v) is 3.87. The highest BCUT2D eigenvalue weighted by Gasteiger charge is 2.27. The first kappa shape index (κ1) is 11.8. The van der Waals surface area contributed by atoms with Crippen LogP contribution in [0.5, 0.6) is 0 Å². The van der Waals surface area contributed by atoms with Crippen molar-refractivity contribution in [2.75, 3.05) is 13.7 Å². The second-order valence-electron chi connectivity index (χ2n) is 2.80. The number of nitrogens with one attached hydrogen (secondary N) is 1. The molecule has 0 aromatic rings. The van der Waals surface area contributed by atoms with Crippen molar-refractivity contribution in [2.45, 2.75) is 31.3 Å². The number of aliphatic hydroxyl groups is 4. The lowest BCUT2D eigenvalue weighted by Gasteiger charge is -2.26. The molecule has 5 nitrogen and oxygen atoms in total. The van der Waals surface area contributed by atoms with Gasteiger partial charge in [0.15, 0.2) is 0 Å². The maximum Gasteiger partial charge on any atom is 0.107 e. The SMILES string of the molecule is CNC(CO)[C@H](O)C(O)C(C)O. The van der Waals surface area contributed by atoms with Crippen molar-refractivity contribution < 1.29 is 20.4 Å². The van der Waals surface area contributed by atoms with Gasteiger partial charge in [0.1, 0.15) is 6.10 Å². The molecule has 0 aliphatic carbocycles. The predicted molar refractivity (Wildman–Crippen MR) is 43.6 cm³/mol. The van der Waals surface area contributed by atoms with E-state index in [1.807, 2.05) is 0 Å². The van der Waals surface area contributed by atoms with E-state index in [-0.39, 0.29) is 6.61 Å². The Kier molecular flexibility index (Phi) is 5.36. The van der Waals surface area contributed by atoms with E-state index in [1.54, 1.807) is 7.05 Å². The maximum absolute atomic E-state index is 9.32. The van der Waals surface area contributed by atoms with Gasteiger partial charge < -0.3 is 25.7 Å². The fourth-order valence-electron chi connectivity index (χ4n) is 0.893. The second-order valence-corrected chi connectivity index (χ2v) is 2.80. The first-order valence-electron chi connectivity index (χ1n) is 3.87. The zero-order valence-corrected chi connectivity index (χ0v) is 7.31. The van der Waals surface area contributed by atoms with E-state index in [4.69, 9.17) is 10.2 Å². The van der Waals surface area contributed by atoms with Crippen LogP contribution in [0.4, 0.5) is 0 Å². The van der Waals surface area contributed by atoms with Crippen molar-refractivity contribution in [3.63, 3.8) is 0 Å². The van der Waals surface area contributed by atoms with Crippen molar-refractivity contribution in [2.24, 2.45) is 0 Å². The van der Waals surface area contributed by atoms with E-state index in [0.29, 0.717) is 0 Å². The molecule has 0 aromatic heterocycles. The van der Waals surface area contributed by atoms with Crippen molar-refractivity contribution >= 4 is 0 Å². The van der Waals surface area contributed by atoms with Gasteiger partial charge in [-0.3, -0.25) is 0 Å².